The first-order chi connectivity index (χ1) is 17.6. The number of para-hydroxylation sites is 1. The van der Waals surface area contributed by atoms with Crippen LogP contribution < -0.4 is 0 Å². The van der Waals surface area contributed by atoms with E-state index in [1.54, 1.807) is 30.3 Å². The van der Waals surface area contributed by atoms with Crippen LogP contribution in [0.5, 0.6) is 5.75 Å². The second-order valence-electron chi connectivity index (χ2n) is 9.45. The van der Waals surface area contributed by atoms with E-state index in [-0.39, 0.29) is 16.9 Å². The molecule has 0 fully saturated rings. The molecular weight excluding hydrogens is 452 g/mol. The third kappa shape index (κ3) is 10.4. The molecule has 5 nitrogen and oxygen atoms in total. The van der Waals surface area contributed by atoms with Gasteiger partial charge in [-0.05, 0) is 36.1 Å². The molecule has 0 heterocycles. The number of hydrogen-bond acceptors (Lipinski definition) is 5. The number of aromatic hydroxyl groups is 1. The maximum Gasteiger partial charge on any atom is 0.339 e. The van der Waals surface area contributed by atoms with Gasteiger partial charge < -0.3 is 14.6 Å². The molecule has 0 unspecified atom stereocenters. The lowest BCUT2D eigenvalue weighted by Crippen LogP contribution is -2.17. The fourth-order valence-electron chi connectivity index (χ4n) is 4.27. The van der Waals surface area contributed by atoms with Crippen LogP contribution in [0.15, 0.2) is 42.5 Å². The lowest BCUT2D eigenvalue weighted by atomic mass is 9.95. The van der Waals surface area contributed by atoms with Gasteiger partial charge in [0.15, 0.2) is 0 Å². The third-order valence-corrected chi connectivity index (χ3v) is 6.41. The molecule has 0 aromatic heterocycles. The molecule has 0 saturated heterocycles. The minimum Gasteiger partial charge on any atom is -0.508 e. The molecule has 0 spiro atoms. The van der Waals surface area contributed by atoms with Crippen molar-refractivity contribution < 1.29 is 24.2 Å². The zero-order valence-electron chi connectivity index (χ0n) is 22.2. The molecule has 0 atom stereocenters. The summed E-state index contributed by atoms with van der Waals surface area (Å²) in [6, 6.07) is 12.2. The molecule has 5 heteroatoms. The van der Waals surface area contributed by atoms with E-state index in [9.17, 15) is 14.7 Å². The topological polar surface area (TPSA) is 72.8 Å². The molecule has 1 N–H and O–H groups in total. The first-order valence-corrected chi connectivity index (χ1v) is 13.8. The van der Waals surface area contributed by atoms with Gasteiger partial charge in [0.1, 0.15) is 5.75 Å². The Balaban J connectivity index is 2.08. The van der Waals surface area contributed by atoms with Gasteiger partial charge in [-0.2, -0.15) is 0 Å². The molecule has 0 aliphatic rings. The number of carbonyl (C=O) groups excluding carboxylic acids is 2. The van der Waals surface area contributed by atoms with Crippen molar-refractivity contribution in [3.63, 3.8) is 0 Å². The van der Waals surface area contributed by atoms with Crippen LogP contribution in [0, 0.1) is 0 Å². The van der Waals surface area contributed by atoms with E-state index in [1.807, 2.05) is 12.1 Å². The van der Waals surface area contributed by atoms with Crippen molar-refractivity contribution in [3.05, 3.63) is 64.7 Å². The molecule has 0 bridgehead atoms. The van der Waals surface area contributed by atoms with Crippen molar-refractivity contribution in [2.45, 2.75) is 97.3 Å². The van der Waals surface area contributed by atoms with Crippen molar-refractivity contribution >= 4 is 11.9 Å². The second kappa shape index (κ2) is 17.6. The first kappa shape index (κ1) is 29.4. The number of benzene rings is 2. The van der Waals surface area contributed by atoms with Gasteiger partial charge in [0.2, 0.25) is 0 Å². The molecule has 0 aliphatic heterocycles. The van der Waals surface area contributed by atoms with Gasteiger partial charge in [-0.1, -0.05) is 108 Å². The molecule has 0 radical (unpaired) electrons. The molecular formula is C31H44O5. The number of ether oxygens (including phenoxy) is 2. The van der Waals surface area contributed by atoms with E-state index in [0.29, 0.717) is 30.8 Å². The number of rotatable bonds is 18. The summed E-state index contributed by atoms with van der Waals surface area (Å²) in [5, 5.41) is 10.3. The highest BCUT2D eigenvalue weighted by molar-refractivity contribution is 6.04. The molecule has 36 heavy (non-hydrogen) atoms. The molecule has 198 valence electrons. The predicted molar refractivity (Wildman–Crippen MR) is 145 cm³/mol. The summed E-state index contributed by atoms with van der Waals surface area (Å²) in [5.41, 5.74) is 1.78. The Morgan fingerprint density at radius 2 is 1.17 bits per heavy atom. The lowest BCUT2D eigenvalue weighted by Gasteiger charge is -2.15. The first-order valence-electron chi connectivity index (χ1n) is 13.8. The summed E-state index contributed by atoms with van der Waals surface area (Å²) in [6.45, 7) is 5.03. The normalized spacial score (nSPS) is 10.8. The van der Waals surface area contributed by atoms with Crippen molar-refractivity contribution in [1.29, 1.82) is 0 Å². The van der Waals surface area contributed by atoms with E-state index in [0.717, 1.165) is 38.5 Å². The molecule has 2 aromatic rings. The number of unbranched alkanes of at least 4 members (excludes halogenated alkanes) is 10. The summed E-state index contributed by atoms with van der Waals surface area (Å²) in [6.07, 6.45) is 13.5. The number of phenolic OH excluding ortho intramolecular Hbond substituents is 1. The van der Waals surface area contributed by atoms with Crippen molar-refractivity contribution in [3.8, 4) is 5.75 Å². The van der Waals surface area contributed by atoms with E-state index in [4.69, 9.17) is 9.47 Å². The minimum atomic E-state index is -0.513. The number of esters is 2. The average Bonchev–Trinajstić information content (AvgIpc) is 2.88. The SMILES string of the molecule is CCCCCCCCOC(=O)c1cccc(Cc2ccccc2O)c1C(=O)OCCCCCCCC. The molecule has 0 saturated carbocycles. The fourth-order valence-corrected chi connectivity index (χ4v) is 4.27. The van der Waals surface area contributed by atoms with Crippen LogP contribution in [-0.2, 0) is 15.9 Å². The van der Waals surface area contributed by atoms with E-state index in [1.165, 1.54) is 38.5 Å². The predicted octanol–water partition coefficient (Wildman–Crippen LogP) is 8.02. The van der Waals surface area contributed by atoms with Gasteiger partial charge in [-0.25, -0.2) is 9.59 Å². The summed E-state index contributed by atoms with van der Waals surface area (Å²) < 4.78 is 11.1. The van der Waals surface area contributed by atoms with Crippen LogP contribution in [0.4, 0.5) is 0 Å². The Labute approximate surface area is 217 Å². The zero-order valence-corrected chi connectivity index (χ0v) is 22.2. The number of hydrogen-bond donors (Lipinski definition) is 1. The third-order valence-electron chi connectivity index (χ3n) is 6.41. The molecule has 2 aromatic carbocycles. The van der Waals surface area contributed by atoms with Crippen molar-refractivity contribution in [1.82, 2.24) is 0 Å². The highest BCUT2D eigenvalue weighted by Crippen LogP contribution is 2.25. The Morgan fingerprint density at radius 1 is 0.639 bits per heavy atom. The number of carbonyl (C=O) groups is 2. The van der Waals surface area contributed by atoms with E-state index in [2.05, 4.69) is 13.8 Å². The fraction of sp³-hybridized carbons (Fsp3) is 0.548. The lowest BCUT2D eigenvalue weighted by molar-refractivity contribution is 0.0449. The van der Waals surface area contributed by atoms with Crippen molar-refractivity contribution in [2.24, 2.45) is 0 Å². The van der Waals surface area contributed by atoms with Gasteiger partial charge in [-0.3, -0.25) is 0 Å². The molecule has 0 aliphatic carbocycles. The van der Waals surface area contributed by atoms with Gasteiger partial charge >= 0.3 is 11.9 Å². The summed E-state index contributed by atoms with van der Waals surface area (Å²) in [7, 11) is 0. The minimum absolute atomic E-state index is 0.153. The second-order valence-corrected chi connectivity index (χ2v) is 9.45. The maximum absolute atomic E-state index is 13.2. The van der Waals surface area contributed by atoms with Gasteiger partial charge in [0.05, 0.1) is 24.3 Å². The van der Waals surface area contributed by atoms with Gasteiger partial charge in [0.25, 0.3) is 0 Å². The average molecular weight is 497 g/mol. The molecule has 0 amide bonds. The van der Waals surface area contributed by atoms with Crippen molar-refractivity contribution in [2.75, 3.05) is 13.2 Å². The largest absolute Gasteiger partial charge is 0.508 e. The number of phenols is 1. The monoisotopic (exact) mass is 496 g/mol. The highest BCUT2D eigenvalue weighted by Gasteiger charge is 2.23. The quantitative estimate of drug-likeness (QED) is 0.167. The molecule has 2 rings (SSSR count). The summed E-state index contributed by atoms with van der Waals surface area (Å²) >= 11 is 0. The van der Waals surface area contributed by atoms with Crippen LogP contribution in [0.2, 0.25) is 0 Å². The van der Waals surface area contributed by atoms with Crippen LogP contribution in [0.25, 0.3) is 0 Å². The van der Waals surface area contributed by atoms with Crippen LogP contribution >= 0.6 is 0 Å². The Bertz CT molecular complexity index is 921. The Morgan fingerprint density at radius 3 is 1.78 bits per heavy atom. The van der Waals surface area contributed by atoms with Gasteiger partial charge in [0, 0.05) is 6.42 Å². The van der Waals surface area contributed by atoms with E-state index < -0.39 is 11.9 Å². The zero-order chi connectivity index (χ0) is 26.0. The Hall–Kier alpha value is -2.82. The smallest absolute Gasteiger partial charge is 0.339 e. The summed E-state index contributed by atoms with van der Waals surface area (Å²) in [5.74, 6) is -0.866. The van der Waals surface area contributed by atoms with Crippen LogP contribution in [0.3, 0.4) is 0 Å². The van der Waals surface area contributed by atoms with E-state index >= 15 is 0 Å². The van der Waals surface area contributed by atoms with Crippen LogP contribution in [-0.4, -0.2) is 30.3 Å². The highest BCUT2D eigenvalue weighted by atomic mass is 16.5. The van der Waals surface area contributed by atoms with Gasteiger partial charge in [-0.15, -0.1) is 0 Å². The maximum atomic E-state index is 13.2. The summed E-state index contributed by atoms with van der Waals surface area (Å²) in [4.78, 5) is 26.2. The Kier molecular flexibility index (Phi) is 14.4. The standard InChI is InChI=1S/C31H44O5/c1-3-5-7-9-11-15-22-35-30(33)27-20-17-19-26(24-25-18-13-14-21-28(25)32)29(27)31(34)36-23-16-12-10-8-6-4-2/h13-14,17-21,32H,3-12,15-16,22-24H2,1-2H3. The van der Waals surface area contributed by atoms with Crippen LogP contribution in [0.1, 0.15) is 123 Å².